The molecule has 9 nitrogen and oxygen atoms in total. The van der Waals surface area contributed by atoms with E-state index >= 15 is 0 Å². The molecule has 0 saturated heterocycles. The van der Waals surface area contributed by atoms with Gasteiger partial charge in [-0.15, -0.1) is 11.3 Å². The van der Waals surface area contributed by atoms with Gasteiger partial charge < -0.3 is 9.30 Å². The first-order chi connectivity index (χ1) is 19.0. The normalized spacial score (nSPS) is 11.9. The third kappa shape index (κ3) is 6.69. The van der Waals surface area contributed by atoms with E-state index < -0.39 is 16.1 Å². The van der Waals surface area contributed by atoms with E-state index in [1.165, 1.54) is 0 Å². The Balaban J connectivity index is 1.65. The molecule has 0 unspecified atom stereocenters. The number of ether oxygens (including phenoxy) is 1. The SMILES string of the molecule is CCCCOC(=O)NS(=O)(=O)c1sc(CC(C)C)nc1-c1ccc(Cn2c(CC)nc3c(C)cc(C)nc32)cc1. The van der Waals surface area contributed by atoms with Crippen LogP contribution >= 0.6 is 11.3 Å². The zero-order valence-corrected chi connectivity index (χ0v) is 25.6. The van der Waals surface area contributed by atoms with Crippen molar-refractivity contribution in [2.45, 2.75) is 78.0 Å². The summed E-state index contributed by atoms with van der Waals surface area (Å²) < 4.78 is 35.7. The minimum absolute atomic E-state index is 0.00682. The molecule has 0 bridgehead atoms. The van der Waals surface area contributed by atoms with Crippen LogP contribution in [-0.2, 0) is 34.1 Å². The summed E-state index contributed by atoms with van der Waals surface area (Å²) in [7, 11) is -4.17. The molecule has 0 aliphatic carbocycles. The molecular weight excluding hydrogens is 546 g/mol. The standard InChI is InChI=1S/C29H37N5O4S2/c1-7-9-14-38-29(35)33-40(36,37)28-26(32-24(39-28)15-18(3)4)22-12-10-21(11-13-22)17-34-23(8-2)31-25-19(5)16-20(6)30-27(25)34/h10-13,16,18H,7-9,14-15,17H2,1-6H3,(H,33,35). The molecule has 40 heavy (non-hydrogen) atoms. The van der Waals surface area contributed by atoms with Crippen molar-refractivity contribution < 1.29 is 17.9 Å². The molecule has 214 valence electrons. The summed E-state index contributed by atoms with van der Waals surface area (Å²) in [5, 5.41) is 0.697. The molecule has 0 saturated carbocycles. The number of pyridine rings is 1. The number of unbranched alkanes of at least 4 members (excludes halogenated alkanes) is 1. The molecule has 4 aromatic rings. The second kappa shape index (κ2) is 12.5. The van der Waals surface area contributed by atoms with E-state index in [-0.39, 0.29) is 10.8 Å². The lowest BCUT2D eigenvalue weighted by atomic mass is 10.1. The van der Waals surface area contributed by atoms with E-state index in [0.717, 1.165) is 58.0 Å². The molecule has 0 spiro atoms. The van der Waals surface area contributed by atoms with Gasteiger partial charge in [-0.3, -0.25) is 0 Å². The van der Waals surface area contributed by atoms with Crippen LogP contribution in [0.2, 0.25) is 0 Å². The van der Waals surface area contributed by atoms with Gasteiger partial charge in [-0.25, -0.2) is 32.9 Å². The number of sulfonamides is 1. The van der Waals surface area contributed by atoms with E-state index in [1.54, 1.807) is 0 Å². The van der Waals surface area contributed by atoms with Crippen molar-refractivity contribution in [3.8, 4) is 11.3 Å². The molecule has 11 heteroatoms. The number of amides is 1. The summed E-state index contributed by atoms with van der Waals surface area (Å²) in [4.78, 5) is 26.5. The third-order valence-electron chi connectivity index (χ3n) is 6.40. The van der Waals surface area contributed by atoms with Crippen LogP contribution in [-0.4, -0.2) is 40.6 Å². The number of aryl methyl sites for hydroxylation is 3. The van der Waals surface area contributed by atoms with Crippen LogP contribution in [0.1, 0.15) is 68.2 Å². The average Bonchev–Trinajstić information content (AvgIpc) is 3.46. The monoisotopic (exact) mass is 583 g/mol. The lowest BCUT2D eigenvalue weighted by molar-refractivity contribution is 0.151. The molecule has 3 heterocycles. The number of fused-ring (bicyclic) bond motifs is 1. The van der Waals surface area contributed by atoms with Gasteiger partial charge in [0.15, 0.2) is 9.86 Å². The van der Waals surface area contributed by atoms with Crippen molar-refractivity contribution in [3.05, 3.63) is 58.0 Å². The zero-order chi connectivity index (χ0) is 29.0. The van der Waals surface area contributed by atoms with Gasteiger partial charge in [0, 0.05) is 24.1 Å². The van der Waals surface area contributed by atoms with Gasteiger partial charge in [0.2, 0.25) is 0 Å². The van der Waals surface area contributed by atoms with Gasteiger partial charge in [0.25, 0.3) is 10.0 Å². The summed E-state index contributed by atoms with van der Waals surface area (Å²) in [6.07, 6.45) is 1.92. The number of nitrogens with one attached hydrogen (secondary N) is 1. The Hall–Kier alpha value is -3.31. The molecule has 1 amide bonds. The molecule has 0 atom stereocenters. The number of benzene rings is 1. The topological polar surface area (TPSA) is 116 Å². The first-order valence-electron chi connectivity index (χ1n) is 13.6. The highest BCUT2D eigenvalue weighted by Crippen LogP contribution is 2.34. The quantitative estimate of drug-likeness (QED) is 0.209. The van der Waals surface area contributed by atoms with Gasteiger partial charge in [0.05, 0.1) is 18.2 Å². The van der Waals surface area contributed by atoms with Crippen LogP contribution in [0.3, 0.4) is 0 Å². The fraction of sp³-hybridized carbons (Fsp3) is 0.448. The third-order valence-corrected chi connectivity index (χ3v) is 9.30. The first-order valence-corrected chi connectivity index (χ1v) is 15.9. The maximum absolute atomic E-state index is 13.2. The van der Waals surface area contributed by atoms with Crippen LogP contribution in [0.5, 0.6) is 0 Å². The summed E-state index contributed by atoms with van der Waals surface area (Å²) >= 11 is 1.09. The fourth-order valence-electron chi connectivity index (χ4n) is 4.48. The molecule has 0 fully saturated rings. The minimum atomic E-state index is -4.17. The largest absolute Gasteiger partial charge is 0.449 e. The van der Waals surface area contributed by atoms with Gasteiger partial charge >= 0.3 is 6.09 Å². The molecule has 0 aliphatic heterocycles. The molecular formula is C29H37N5O4S2. The molecule has 0 radical (unpaired) electrons. The van der Waals surface area contributed by atoms with Gasteiger partial charge in [-0.1, -0.05) is 58.4 Å². The van der Waals surface area contributed by atoms with Crippen LogP contribution in [0, 0.1) is 19.8 Å². The zero-order valence-electron chi connectivity index (χ0n) is 23.9. The molecule has 1 aromatic carbocycles. The predicted molar refractivity (Wildman–Crippen MR) is 158 cm³/mol. The van der Waals surface area contributed by atoms with Crippen LogP contribution < -0.4 is 4.72 Å². The number of imidazole rings is 1. The van der Waals surface area contributed by atoms with E-state index in [0.29, 0.717) is 41.6 Å². The van der Waals surface area contributed by atoms with Crippen molar-refractivity contribution in [1.82, 2.24) is 24.2 Å². The van der Waals surface area contributed by atoms with E-state index in [1.807, 2.05) is 44.2 Å². The Bertz CT molecular complexity index is 1610. The second-order valence-corrected chi connectivity index (χ2v) is 13.3. The highest BCUT2D eigenvalue weighted by Gasteiger charge is 2.28. The summed E-state index contributed by atoms with van der Waals surface area (Å²) in [5.74, 6) is 1.26. The number of rotatable bonds is 11. The van der Waals surface area contributed by atoms with Gasteiger partial charge in [0.1, 0.15) is 17.0 Å². The number of nitrogens with zero attached hydrogens (tertiary/aromatic N) is 4. The highest BCUT2D eigenvalue weighted by molar-refractivity contribution is 7.92. The molecule has 4 rings (SSSR count). The predicted octanol–water partition coefficient (Wildman–Crippen LogP) is 6.20. The Morgan fingerprint density at radius 1 is 1.10 bits per heavy atom. The number of thiazole rings is 1. The Morgan fingerprint density at radius 3 is 2.48 bits per heavy atom. The second-order valence-electron chi connectivity index (χ2n) is 10.4. The lowest BCUT2D eigenvalue weighted by Crippen LogP contribution is -2.31. The highest BCUT2D eigenvalue weighted by atomic mass is 32.2. The Kier molecular flexibility index (Phi) is 9.25. The van der Waals surface area contributed by atoms with Gasteiger partial charge in [-0.2, -0.15) is 0 Å². The first kappa shape index (κ1) is 29.7. The van der Waals surface area contributed by atoms with Crippen LogP contribution in [0.4, 0.5) is 4.79 Å². The van der Waals surface area contributed by atoms with Crippen LogP contribution in [0.15, 0.2) is 34.5 Å². The summed E-state index contributed by atoms with van der Waals surface area (Å²) in [5.41, 5.74) is 5.84. The molecule has 0 aliphatic rings. The molecule has 1 N–H and O–H groups in total. The fourth-order valence-corrected chi connectivity index (χ4v) is 7.15. The maximum Gasteiger partial charge on any atom is 0.421 e. The Labute approximate surface area is 240 Å². The number of hydrogen-bond donors (Lipinski definition) is 1. The van der Waals surface area contributed by atoms with E-state index in [4.69, 9.17) is 14.7 Å². The lowest BCUT2D eigenvalue weighted by Gasteiger charge is -2.10. The Morgan fingerprint density at radius 2 is 1.82 bits per heavy atom. The summed E-state index contributed by atoms with van der Waals surface area (Å²) in [6.45, 7) is 12.9. The number of aromatic nitrogens is 4. The summed E-state index contributed by atoms with van der Waals surface area (Å²) in [6, 6.07) is 9.72. The number of hydrogen-bond acceptors (Lipinski definition) is 8. The number of carbonyl (C=O) groups excluding carboxylic acids is 1. The van der Waals surface area contributed by atoms with Gasteiger partial charge in [-0.05, 0) is 43.4 Å². The van der Waals surface area contributed by atoms with E-state index in [2.05, 4.69) is 42.0 Å². The number of carbonyl (C=O) groups is 1. The van der Waals surface area contributed by atoms with Crippen molar-refractivity contribution in [2.75, 3.05) is 6.61 Å². The average molecular weight is 584 g/mol. The minimum Gasteiger partial charge on any atom is -0.449 e. The van der Waals surface area contributed by atoms with Crippen LogP contribution in [0.25, 0.3) is 22.4 Å². The smallest absolute Gasteiger partial charge is 0.421 e. The van der Waals surface area contributed by atoms with Crippen molar-refractivity contribution in [3.63, 3.8) is 0 Å². The van der Waals surface area contributed by atoms with E-state index in [9.17, 15) is 13.2 Å². The van der Waals surface area contributed by atoms with Crippen molar-refractivity contribution in [2.24, 2.45) is 5.92 Å². The van der Waals surface area contributed by atoms with Crippen molar-refractivity contribution >= 4 is 38.6 Å². The maximum atomic E-state index is 13.2. The van der Waals surface area contributed by atoms with Crippen molar-refractivity contribution in [1.29, 1.82) is 0 Å². The molecule has 3 aromatic heterocycles.